The summed E-state index contributed by atoms with van der Waals surface area (Å²) in [4.78, 5) is 10.2. The average Bonchev–Trinajstić information content (AvgIpc) is 2.12. The minimum absolute atomic E-state index is 0.239. The monoisotopic (exact) mass is 246 g/mol. The Kier molecular flexibility index (Phi) is 3.86. The van der Waals surface area contributed by atoms with Gasteiger partial charge in [0.2, 0.25) is 0 Å². The van der Waals surface area contributed by atoms with Gasteiger partial charge in [-0.2, -0.15) is 8.42 Å². The van der Waals surface area contributed by atoms with Crippen LogP contribution in [0.15, 0.2) is 24.3 Å². The predicted molar refractivity (Wildman–Crippen MR) is 54.8 cm³/mol. The molecule has 0 bridgehead atoms. The van der Waals surface area contributed by atoms with Crippen molar-refractivity contribution >= 4 is 16.1 Å². The predicted octanol–water partition coefficient (Wildman–Crippen LogP) is 0.538. The maximum absolute atomic E-state index is 10.6. The van der Waals surface area contributed by atoms with Crippen LogP contribution in [0.25, 0.3) is 0 Å². The molecule has 0 spiro atoms. The SMILES string of the molecule is O=C(O)COc1cccc(CS(=O)(=O)O)c1. The molecule has 0 aliphatic rings. The number of benzene rings is 1. The van der Waals surface area contributed by atoms with Gasteiger partial charge in [-0.15, -0.1) is 0 Å². The highest BCUT2D eigenvalue weighted by Crippen LogP contribution is 2.14. The van der Waals surface area contributed by atoms with E-state index in [0.29, 0.717) is 5.56 Å². The lowest BCUT2D eigenvalue weighted by atomic mass is 10.2. The van der Waals surface area contributed by atoms with Gasteiger partial charge in [-0.3, -0.25) is 4.55 Å². The highest BCUT2D eigenvalue weighted by molar-refractivity contribution is 7.85. The smallest absolute Gasteiger partial charge is 0.341 e. The van der Waals surface area contributed by atoms with E-state index in [4.69, 9.17) is 14.4 Å². The Hall–Kier alpha value is -1.60. The molecule has 1 aromatic rings. The van der Waals surface area contributed by atoms with E-state index < -0.39 is 28.4 Å². The molecule has 2 N–H and O–H groups in total. The summed E-state index contributed by atoms with van der Waals surface area (Å²) in [6.45, 7) is -0.505. The first-order valence-corrected chi connectivity index (χ1v) is 5.86. The zero-order valence-electron chi connectivity index (χ0n) is 8.16. The Morgan fingerprint density at radius 3 is 2.62 bits per heavy atom. The van der Waals surface area contributed by atoms with E-state index in [1.807, 2.05) is 0 Å². The molecule has 1 rings (SSSR count). The van der Waals surface area contributed by atoms with Crippen LogP contribution in [0.5, 0.6) is 5.75 Å². The summed E-state index contributed by atoms with van der Waals surface area (Å²) >= 11 is 0. The Morgan fingerprint density at radius 2 is 2.06 bits per heavy atom. The second kappa shape index (κ2) is 4.95. The van der Waals surface area contributed by atoms with E-state index in [0.717, 1.165) is 0 Å². The van der Waals surface area contributed by atoms with Crippen LogP contribution in [-0.2, 0) is 20.7 Å². The third-order valence-corrected chi connectivity index (χ3v) is 2.31. The molecule has 0 radical (unpaired) electrons. The summed E-state index contributed by atoms with van der Waals surface area (Å²) in [5.74, 6) is -1.42. The zero-order valence-corrected chi connectivity index (χ0v) is 8.98. The second-order valence-corrected chi connectivity index (χ2v) is 4.51. The molecule has 0 atom stereocenters. The van der Waals surface area contributed by atoms with E-state index in [9.17, 15) is 13.2 Å². The lowest BCUT2D eigenvalue weighted by molar-refractivity contribution is -0.139. The Morgan fingerprint density at radius 1 is 1.38 bits per heavy atom. The lowest BCUT2D eigenvalue weighted by Crippen LogP contribution is -2.09. The quantitative estimate of drug-likeness (QED) is 0.735. The van der Waals surface area contributed by atoms with Crippen molar-refractivity contribution in [2.45, 2.75) is 5.75 Å². The van der Waals surface area contributed by atoms with Crippen molar-refractivity contribution in [2.24, 2.45) is 0 Å². The van der Waals surface area contributed by atoms with Crippen LogP contribution in [0, 0.1) is 0 Å². The molecular weight excluding hydrogens is 236 g/mol. The summed E-state index contributed by atoms with van der Waals surface area (Å²) in [7, 11) is -4.10. The number of hydrogen-bond acceptors (Lipinski definition) is 4. The first-order valence-electron chi connectivity index (χ1n) is 4.25. The summed E-state index contributed by atoms with van der Waals surface area (Å²) < 4.78 is 34.7. The third-order valence-electron chi connectivity index (χ3n) is 1.61. The highest BCUT2D eigenvalue weighted by Gasteiger charge is 2.07. The molecule has 0 unspecified atom stereocenters. The van der Waals surface area contributed by atoms with E-state index in [2.05, 4.69) is 0 Å². The normalized spacial score (nSPS) is 11.1. The Balaban J connectivity index is 2.75. The van der Waals surface area contributed by atoms with E-state index >= 15 is 0 Å². The molecule has 0 amide bonds. The van der Waals surface area contributed by atoms with Gasteiger partial charge in [0.15, 0.2) is 6.61 Å². The van der Waals surface area contributed by atoms with Gasteiger partial charge in [0.05, 0.1) is 0 Å². The van der Waals surface area contributed by atoms with Gasteiger partial charge < -0.3 is 9.84 Å². The van der Waals surface area contributed by atoms with Gasteiger partial charge >= 0.3 is 5.97 Å². The molecule has 0 heterocycles. The third kappa shape index (κ3) is 4.76. The maximum atomic E-state index is 10.6. The van der Waals surface area contributed by atoms with E-state index in [1.54, 1.807) is 0 Å². The van der Waals surface area contributed by atoms with E-state index in [1.165, 1.54) is 24.3 Å². The van der Waals surface area contributed by atoms with Crippen LogP contribution >= 0.6 is 0 Å². The number of carboxylic acid groups (broad SMARTS) is 1. The fourth-order valence-corrected chi connectivity index (χ4v) is 1.68. The van der Waals surface area contributed by atoms with Gasteiger partial charge in [0.25, 0.3) is 10.1 Å². The number of ether oxygens (including phenoxy) is 1. The van der Waals surface area contributed by atoms with Crippen molar-refractivity contribution in [3.8, 4) is 5.75 Å². The molecule has 0 saturated heterocycles. The first kappa shape index (κ1) is 12.5. The van der Waals surface area contributed by atoms with Gasteiger partial charge in [-0.05, 0) is 17.7 Å². The molecule has 88 valence electrons. The van der Waals surface area contributed by atoms with Crippen LogP contribution in [0.4, 0.5) is 0 Å². The molecule has 0 fully saturated rings. The molecule has 0 aliphatic carbocycles. The molecular formula is C9H10O6S. The minimum Gasteiger partial charge on any atom is -0.482 e. The number of carboxylic acids is 1. The van der Waals surface area contributed by atoms with Crippen molar-refractivity contribution in [1.29, 1.82) is 0 Å². The number of carbonyl (C=O) groups is 1. The fraction of sp³-hybridized carbons (Fsp3) is 0.222. The van der Waals surface area contributed by atoms with Crippen molar-refractivity contribution in [2.75, 3.05) is 6.61 Å². The highest BCUT2D eigenvalue weighted by atomic mass is 32.2. The fourth-order valence-electron chi connectivity index (χ4n) is 1.08. The zero-order chi connectivity index (χ0) is 12.2. The largest absolute Gasteiger partial charge is 0.482 e. The first-order chi connectivity index (χ1) is 7.37. The molecule has 0 aliphatic heterocycles. The van der Waals surface area contributed by atoms with Crippen LogP contribution in [0.2, 0.25) is 0 Å². The van der Waals surface area contributed by atoms with Gasteiger partial charge in [0.1, 0.15) is 11.5 Å². The molecule has 0 aromatic heterocycles. The lowest BCUT2D eigenvalue weighted by Gasteiger charge is -2.04. The second-order valence-electron chi connectivity index (χ2n) is 3.06. The Labute approximate surface area is 92.2 Å². The van der Waals surface area contributed by atoms with Crippen molar-refractivity contribution in [3.63, 3.8) is 0 Å². The summed E-state index contributed by atoms with van der Waals surface area (Å²) in [5, 5.41) is 8.37. The van der Waals surface area contributed by atoms with Gasteiger partial charge in [-0.1, -0.05) is 12.1 Å². The van der Waals surface area contributed by atoms with Crippen molar-refractivity contribution < 1.29 is 27.6 Å². The molecule has 6 nitrogen and oxygen atoms in total. The molecule has 7 heteroatoms. The minimum atomic E-state index is -4.10. The number of hydrogen-bond donors (Lipinski definition) is 2. The van der Waals surface area contributed by atoms with Gasteiger partial charge in [0, 0.05) is 0 Å². The van der Waals surface area contributed by atoms with Crippen LogP contribution in [-0.4, -0.2) is 30.7 Å². The van der Waals surface area contributed by atoms with Crippen LogP contribution in [0.3, 0.4) is 0 Å². The molecule has 16 heavy (non-hydrogen) atoms. The number of aliphatic carboxylic acids is 1. The van der Waals surface area contributed by atoms with Crippen molar-refractivity contribution in [3.05, 3.63) is 29.8 Å². The van der Waals surface area contributed by atoms with Crippen LogP contribution in [0.1, 0.15) is 5.56 Å². The Bertz CT molecular complexity index is 479. The summed E-state index contributed by atoms with van der Waals surface area (Å²) in [6, 6.07) is 5.85. The topological polar surface area (TPSA) is 101 Å². The summed E-state index contributed by atoms with van der Waals surface area (Å²) in [6.07, 6.45) is 0. The van der Waals surface area contributed by atoms with Gasteiger partial charge in [-0.25, -0.2) is 4.79 Å². The van der Waals surface area contributed by atoms with Crippen LogP contribution < -0.4 is 4.74 Å². The molecule has 0 saturated carbocycles. The standard InChI is InChI=1S/C9H10O6S/c10-9(11)5-15-8-3-1-2-7(4-8)6-16(12,13)14/h1-4H,5-6H2,(H,10,11)(H,12,13,14). The average molecular weight is 246 g/mol. The van der Waals surface area contributed by atoms with E-state index in [-0.39, 0.29) is 5.75 Å². The number of rotatable bonds is 5. The van der Waals surface area contributed by atoms with Crippen molar-refractivity contribution in [1.82, 2.24) is 0 Å². The molecule has 1 aromatic carbocycles. The summed E-state index contributed by atoms with van der Waals surface area (Å²) in [5.41, 5.74) is 0.324. The maximum Gasteiger partial charge on any atom is 0.341 e.